The Morgan fingerprint density at radius 2 is 1.19 bits per heavy atom. The van der Waals surface area contributed by atoms with E-state index in [2.05, 4.69) is 64.0 Å². The first-order valence-corrected chi connectivity index (χ1v) is 26.0. The van der Waals surface area contributed by atoms with E-state index in [9.17, 15) is 9.59 Å². The third kappa shape index (κ3) is 15.1. The van der Waals surface area contributed by atoms with Crippen molar-refractivity contribution in [2.45, 2.75) is 34.4 Å². The lowest BCUT2D eigenvalue weighted by Crippen LogP contribution is -2.32. The fourth-order valence-corrected chi connectivity index (χ4v) is 6.95. The zero-order chi connectivity index (χ0) is 52.0. The summed E-state index contributed by atoms with van der Waals surface area (Å²) in [5, 5.41) is 20.8. The lowest BCUT2D eigenvalue weighted by atomic mass is 9.95. The summed E-state index contributed by atoms with van der Waals surface area (Å²) in [6, 6.07) is 30.6. The van der Waals surface area contributed by atoms with Crippen molar-refractivity contribution in [3.05, 3.63) is 134 Å². The van der Waals surface area contributed by atoms with Gasteiger partial charge in [-0.1, -0.05) is 48.5 Å². The number of esters is 1. The molecular formula is C53H58N10O9S. The van der Waals surface area contributed by atoms with Crippen LogP contribution in [0.15, 0.2) is 134 Å². The van der Waals surface area contributed by atoms with Crippen LogP contribution in [-0.4, -0.2) is 118 Å². The van der Waals surface area contributed by atoms with Gasteiger partial charge in [-0.2, -0.15) is 14.6 Å². The number of aromatic amines is 1. The summed E-state index contributed by atoms with van der Waals surface area (Å²) in [7, 11) is 0.709. The molecule has 8 rings (SSSR count). The van der Waals surface area contributed by atoms with E-state index >= 15 is 0 Å². The molecule has 20 heteroatoms. The van der Waals surface area contributed by atoms with Crippen LogP contribution in [-0.2, 0) is 25.8 Å². The van der Waals surface area contributed by atoms with Crippen LogP contribution in [0.25, 0.3) is 45.0 Å². The molecule has 0 atom stereocenters. The minimum absolute atomic E-state index is 0.0348. The van der Waals surface area contributed by atoms with Crippen molar-refractivity contribution in [3.8, 4) is 80.3 Å². The van der Waals surface area contributed by atoms with Gasteiger partial charge in [-0.25, -0.2) is 20.0 Å². The van der Waals surface area contributed by atoms with Gasteiger partial charge in [0.2, 0.25) is 11.8 Å². The van der Waals surface area contributed by atoms with Crippen molar-refractivity contribution in [2.75, 3.05) is 51.5 Å². The molecule has 6 heterocycles. The Morgan fingerprint density at radius 3 is 1.70 bits per heavy atom. The fraction of sp³-hybridized carbons (Fsp3) is 0.283. The number of benzene rings is 2. The summed E-state index contributed by atoms with van der Waals surface area (Å²) in [6.07, 6.45) is 16.8. The van der Waals surface area contributed by atoms with E-state index in [-0.39, 0.29) is 31.9 Å². The molecule has 0 spiro atoms. The lowest BCUT2D eigenvalue weighted by Gasteiger charge is -2.24. The number of aromatic nitrogens is 10. The van der Waals surface area contributed by atoms with Gasteiger partial charge in [-0.3, -0.25) is 24.7 Å². The molecule has 8 aromatic rings. The van der Waals surface area contributed by atoms with Gasteiger partial charge < -0.3 is 33.5 Å². The molecule has 0 saturated carbocycles. The minimum atomic E-state index is -0.986. The number of carboxylic acids is 1. The number of pyridine rings is 4. The molecule has 0 bridgehead atoms. The number of methoxy groups -OCH3 is 1. The molecule has 0 saturated heterocycles. The molecule has 0 aliphatic heterocycles. The van der Waals surface area contributed by atoms with E-state index in [1.165, 1.54) is 7.11 Å². The first kappa shape index (κ1) is 52.6. The average molecular weight is 1010 g/mol. The Bertz CT molecular complexity index is 3020. The molecule has 0 radical (unpaired) electrons. The second-order valence-electron chi connectivity index (χ2n) is 18.7. The van der Waals surface area contributed by atoms with Crippen LogP contribution < -0.4 is 18.9 Å². The lowest BCUT2D eigenvalue weighted by molar-refractivity contribution is -0.152. The summed E-state index contributed by atoms with van der Waals surface area (Å²) in [5.41, 5.74) is 3.69. The summed E-state index contributed by atoms with van der Waals surface area (Å²) >= 11 is 0. The Balaban J connectivity index is 0.000000220. The monoisotopic (exact) mass is 1010 g/mol. The average Bonchev–Trinajstić information content (AvgIpc) is 4.04. The number of hydrogen-bond acceptors (Lipinski definition) is 16. The zero-order valence-electron chi connectivity index (χ0n) is 41.9. The number of hydrogen-bond donors (Lipinski definition) is 2. The number of H-pyrrole nitrogens is 1. The largest absolute Gasteiger partial charge is 0.481 e. The van der Waals surface area contributed by atoms with E-state index in [0.717, 1.165) is 39.1 Å². The smallest absolute Gasteiger partial charge is 0.341 e. The molecule has 0 aliphatic carbocycles. The Kier molecular flexibility index (Phi) is 17.1. The minimum Gasteiger partial charge on any atom is -0.481 e. The number of carbonyl (C=O) groups is 2. The van der Waals surface area contributed by atoms with Gasteiger partial charge in [-0.15, -0.1) is 10.2 Å². The molecule has 0 amide bonds. The van der Waals surface area contributed by atoms with Crippen molar-refractivity contribution < 1.29 is 43.1 Å². The summed E-state index contributed by atoms with van der Waals surface area (Å²) in [5.74, 6) is 2.79. The molecule has 2 N–H and O–H groups in total. The number of carbonyl (C=O) groups excluding carboxylic acids is 1. The zero-order valence-corrected chi connectivity index (χ0v) is 42.7. The Hall–Kier alpha value is -8.23. The maximum atomic E-state index is 11.9. The second-order valence-corrected chi connectivity index (χ2v) is 23.3. The van der Waals surface area contributed by atoms with E-state index in [0.29, 0.717) is 47.5 Å². The Labute approximate surface area is 424 Å². The molecule has 2 aromatic carbocycles. The van der Waals surface area contributed by atoms with Gasteiger partial charge in [0.1, 0.15) is 31.4 Å². The third-order valence-corrected chi connectivity index (χ3v) is 12.2. The van der Waals surface area contributed by atoms with Crippen molar-refractivity contribution in [3.63, 3.8) is 0 Å². The summed E-state index contributed by atoms with van der Waals surface area (Å²) < 4.78 is 35.1. The third-order valence-electron chi connectivity index (χ3n) is 10.8. The highest BCUT2D eigenvalue weighted by atomic mass is 32.3. The highest BCUT2D eigenvalue weighted by molar-refractivity contribution is 8.32. The van der Waals surface area contributed by atoms with E-state index in [4.69, 9.17) is 33.5 Å². The summed E-state index contributed by atoms with van der Waals surface area (Å²) in [4.78, 5) is 48.8. The topological polar surface area (TPSA) is 234 Å². The molecule has 380 valence electrons. The normalized spacial score (nSPS) is 11.7. The van der Waals surface area contributed by atoms with Crippen LogP contribution in [0.5, 0.6) is 35.3 Å². The van der Waals surface area contributed by atoms with Crippen LogP contribution in [0, 0.1) is 10.8 Å². The van der Waals surface area contributed by atoms with Crippen LogP contribution in [0.2, 0.25) is 0 Å². The molecular weight excluding hydrogens is 953 g/mol. The summed E-state index contributed by atoms with van der Waals surface area (Å²) in [6.45, 7) is 7.80. The van der Waals surface area contributed by atoms with Gasteiger partial charge >= 0.3 is 24.0 Å². The fourth-order valence-electron chi connectivity index (χ4n) is 6.33. The Morgan fingerprint density at radius 1 is 0.658 bits per heavy atom. The first-order chi connectivity index (χ1) is 34.9. The molecule has 0 aliphatic rings. The van der Waals surface area contributed by atoms with Crippen LogP contribution in [0.1, 0.15) is 27.7 Å². The van der Waals surface area contributed by atoms with Gasteiger partial charge in [0.15, 0.2) is 11.6 Å². The second kappa shape index (κ2) is 23.8. The van der Waals surface area contributed by atoms with Crippen LogP contribution in [0.4, 0.5) is 0 Å². The van der Waals surface area contributed by atoms with Crippen LogP contribution in [0.3, 0.4) is 0 Å². The van der Waals surface area contributed by atoms with Crippen molar-refractivity contribution in [2.24, 2.45) is 10.8 Å². The maximum Gasteiger partial charge on any atom is 0.341 e. The predicted molar refractivity (Wildman–Crippen MR) is 277 cm³/mol. The van der Waals surface area contributed by atoms with Gasteiger partial charge in [-0.05, 0) is 94.0 Å². The quantitative estimate of drug-likeness (QED) is 0.0503. The maximum absolute atomic E-state index is 11.9. The van der Waals surface area contributed by atoms with Crippen molar-refractivity contribution in [1.29, 1.82) is 0 Å². The van der Waals surface area contributed by atoms with Crippen molar-refractivity contribution in [1.82, 2.24) is 49.9 Å². The molecule has 0 unspecified atom stereocenters. The van der Waals surface area contributed by atoms with E-state index < -0.39 is 26.8 Å². The highest BCUT2D eigenvalue weighted by Gasteiger charge is 2.30. The van der Waals surface area contributed by atoms with Gasteiger partial charge in [0.25, 0.3) is 0 Å². The van der Waals surface area contributed by atoms with Gasteiger partial charge in [0, 0.05) is 64.9 Å². The first-order valence-electron chi connectivity index (χ1n) is 22.9. The molecule has 6 aromatic heterocycles. The van der Waals surface area contributed by atoms with Gasteiger partial charge in [0.05, 0.1) is 36.9 Å². The number of nitrogens with one attached hydrogen (secondary N) is 1. The number of aliphatic carboxylic acids is 1. The number of carboxylic acid groups (broad SMARTS) is 1. The van der Waals surface area contributed by atoms with Crippen molar-refractivity contribution >= 4 is 22.0 Å². The highest BCUT2D eigenvalue weighted by Crippen LogP contribution is 2.34. The van der Waals surface area contributed by atoms with E-state index in [1.54, 1.807) is 99.9 Å². The molecule has 0 fully saturated rings. The van der Waals surface area contributed by atoms with E-state index in [1.807, 2.05) is 66.7 Å². The molecule has 73 heavy (non-hydrogen) atoms. The number of rotatable bonds is 21. The number of ether oxygens (including phenoxy) is 6. The van der Waals surface area contributed by atoms with Crippen LogP contribution >= 0.6 is 10.0 Å². The SMILES string of the molecule is CC(C)(COc1ccc(-c2ccc(-c3nc(Oc4cccnc4)n[nH]3)cc2)cn1)C(=O)O.COC(=O)C(C)(C)COc1ccc(-c2ccc(-c3nc(Oc4cccnc4)n(COCCS(C)(C)C)n3)cc2)cn1. The standard InChI is InChI=1S/C30H37N5O5S.C23H21N5O4/c1-30(2,28(36)37-3)20-39-26-14-13-24(18-32-26)22-9-11-23(12-10-22)27-33-29(40-25-8-7-15-31-19-25)35(34-27)21-38-16-17-41(4,5)6;1-23(2,21(29)30)14-31-19-10-9-17(12-25-19)15-5-7-16(8-6-15)20-26-22(28-27-20)32-18-4-3-11-24-13-18/h7-15,18-19H,16-17,20-21H2,1-6H3;3-13H,14H2,1-2H3,(H,29,30)(H,26,27,28). The predicted octanol–water partition coefficient (Wildman–Crippen LogP) is 9.65. The molecule has 19 nitrogen and oxygen atoms in total. The number of nitrogens with zero attached hydrogens (tertiary/aromatic N) is 9.